The van der Waals surface area contributed by atoms with Crippen molar-refractivity contribution in [2.45, 2.75) is 18.9 Å². The third-order valence-electron chi connectivity index (χ3n) is 3.53. The summed E-state index contributed by atoms with van der Waals surface area (Å²) in [5.74, 6) is 6.83. The number of ether oxygens (including phenoxy) is 1. The molecule has 0 radical (unpaired) electrons. The lowest BCUT2D eigenvalue weighted by molar-refractivity contribution is 0.0852. The minimum absolute atomic E-state index is 0.322. The van der Waals surface area contributed by atoms with Crippen LogP contribution in [0.4, 0.5) is 11.9 Å². The minimum Gasteiger partial charge on any atom is -0.381 e. The number of nitrogens with one attached hydrogen (secondary N) is 1. The molecule has 0 saturated carbocycles. The Kier molecular flexibility index (Phi) is 3.93. The lowest BCUT2D eigenvalue weighted by atomic mass is 10.1. The van der Waals surface area contributed by atoms with Crippen LogP contribution in [0.5, 0.6) is 0 Å². The molecule has 0 aliphatic carbocycles. The second-order valence-corrected chi connectivity index (χ2v) is 4.83. The first-order valence-electron chi connectivity index (χ1n) is 6.79. The molecule has 2 aromatic rings. The van der Waals surface area contributed by atoms with E-state index in [1.165, 1.54) is 0 Å². The van der Waals surface area contributed by atoms with E-state index in [2.05, 4.69) is 25.4 Å². The monoisotopic (exact) mass is 290 g/mol. The highest BCUT2D eigenvalue weighted by molar-refractivity contribution is 5.39. The van der Waals surface area contributed by atoms with E-state index >= 15 is 0 Å². The lowest BCUT2D eigenvalue weighted by Gasteiger charge is -2.31. The Balaban J connectivity index is 1.91. The van der Waals surface area contributed by atoms with Gasteiger partial charge in [0.2, 0.25) is 17.8 Å². The fourth-order valence-corrected chi connectivity index (χ4v) is 2.30. The van der Waals surface area contributed by atoms with Crippen LogP contribution >= 0.6 is 0 Å². The van der Waals surface area contributed by atoms with Gasteiger partial charge in [0.15, 0.2) is 0 Å². The highest BCUT2D eigenvalue weighted by atomic mass is 16.5. The molecule has 112 valence electrons. The predicted octanol–water partition coefficient (Wildman–Crippen LogP) is -0.0419. The number of hydrogen-bond acceptors (Lipinski definition) is 8. The van der Waals surface area contributed by atoms with Crippen LogP contribution in [0.3, 0.4) is 0 Å². The standard InChI is InChI=1S/C12H18N8O/c1-19(9-2-6-21-7-3-9)11-15-10(18-13)16-12(17-11)20-5-4-14-8-20/h4-5,8-9H,2-3,6-7,13H2,1H3,(H,15,16,17,18). The average molecular weight is 290 g/mol. The smallest absolute Gasteiger partial charge is 0.243 e. The van der Waals surface area contributed by atoms with Crippen molar-refractivity contribution in [1.29, 1.82) is 0 Å². The van der Waals surface area contributed by atoms with E-state index in [4.69, 9.17) is 10.6 Å². The van der Waals surface area contributed by atoms with Gasteiger partial charge in [0.1, 0.15) is 6.33 Å². The fourth-order valence-electron chi connectivity index (χ4n) is 2.30. The number of hydrazine groups is 1. The average Bonchev–Trinajstić information content (AvgIpc) is 3.09. The first-order valence-corrected chi connectivity index (χ1v) is 6.79. The first-order chi connectivity index (χ1) is 10.3. The van der Waals surface area contributed by atoms with Crippen LogP contribution in [0.2, 0.25) is 0 Å². The van der Waals surface area contributed by atoms with Crippen LogP contribution in [-0.4, -0.2) is 50.8 Å². The molecule has 0 atom stereocenters. The topological polar surface area (TPSA) is 107 Å². The second-order valence-electron chi connectivity index (χ2n) is 4.83. The van der Waals surface area contributed by atoms with E-state index in [1.54, 1.807) is 23.3 Å². The maximum Gasteiger partial charge on any atom is 0.243 e. The largest absolute Gasteiger partial charge is 0.381 e. The SMILES string of the molecule is CN(c1nc(NN)nc(-n2ccnc2)n1)C1CCOCC1. The maximum absolute atomic E-state index is 5.45. The first kappa shape index (κ1) is 13.7. The molecule has 3 heterocycles. The van der Waals surface area contributed by atoms with Gasteiger partial charge in [-0.1, -0.05) is 0 Å². The molecule has 9 heteroatoms. The second kappa shape index (κ2) is 6.02. The van der Waals surface area contributed by atoms with Gasteiger partial charge in [0.25, 0.3) is 0 Å². The Morgan fingerprint density at radius 2 is 2.14 bits per heavy atom. The quantitative estimate of drug-likeness (QED) is 0.596. The van der Waals surface area contributed by atoms with Crippen molar-refractivity contribution < 1.29 is 4.74 Å². The summed E-state index contributed by atoms with van der Waals surface area (Å²) < 4.78 is 7.10. The van der Waals surface area contributed by atoms with Crippen LogP contribution < -0.4 is 16.2 Å². The molecule has 1 aliphatic rings. The van der Waals surface area contributed by atoms with Crippen molar-refractivity contribution in [2.24, 2.45) is 5.84 Å². The molecule has 1 fully saturated rings. The lowest BCUT2D eigenvalue weighted by Crippen LogP contribution is -2.38. The number of imidazole rings is 1. The third-order valence-corrected chi connectivity index (χ3v) is 3.53. The van der Waals surface area contributed by atoms with Gasteiger partial charge in [0.05, 0.1) is 0 Å². The van der Waals surface area contributed by atoms with Crippen molar-refractivity contribution >= 4 is 11.9 Å². The zero-order valence-corrected chi connectivity index (χ0v) is 11.8. The summed E-state index contributed by atoms with van der Waals surface area (Å²) in [6.45, 7) is 1.52. The molecule has 0 amide bonds. The van der Waals surface area contributed by atoms with Crippen molar-refractivity contribution in [3.8, 4) is 5.95 Å². The summed E-state index contributed by atoms with van der Waals surface area (Å²) in [6.07, 6.45) is 6.98. The molecule has 3 N–H and O–H groups in total. The van der Waals surface area contributed by atoms with E-state index in [9.17, 15) is 0 Å². The summed E-state index contributed by atoms with van der Waals surface area (Å²) in [5.41, 5.74) is 2.48. The van der Waals surface area contributed by atoms with E-state index in [0.29, 0.717) is 23.9 Å². The summed E-state index contributed by atoms with van der Waals surface area (Å²) in [6, 6.07) is 0.349. The van der Waals surface area contributed by atoms with Gasteiger partial charge < -0.3 is 9.64 Å². The zero-order valence-electron chi connectivity index (χ0n) is 11.8. The fraction of sp³-hybridized carbons (Fsp3) is 0.500. The third kappa shape index (κ3) is 2.93. The van der Waals surface area contributed by atoms with Gasteiger partial charge in [-0.2, -0.15) is 15.0 Å². The highest BCUT2D eigenvalue weighted by Gasteiger charge is 2.21. The van der Waals surface area contributed by atoms with Gasteiger partial charge in [-0.3, -0.25) is 9.99 Å². The zero-order chi connectivity index (χ0) is 14.7. The summed E-state index contributed by atoms with van der Waals surface area (Å²) in [4.78, 5) is 19.1. The minimum atomic E-state index is 0.322. The maximum atomic E-state index is 5.45. The number of nitrogens with zero attached hydrogens (tertiary/aromatic N) is 6. The van der Waals surface area contributed by atoms with Crippen molar-refractivity contribution in [1.82, 2.24) is 24.5 Å². The molecule has 0 spiro atoms. The molecule has 1 saturated heterocycles. The van der Waals surface area contributed by atoms with Gasteiger partial charge >= 0.3 is 0 Å². The Labute approximate surface area is 122 Å². The molecule has 3 rings (SSSR count). The van der Waals surface area contributed by atoms with Gasteiger partial charge in [-0.05, 0) is 12.8 Å². The van der Waals surface area contributed by atoms with Crippen molar-refractivity contribution in [3.05, 3.63) is 18.7 Å². The molecule has 0 unspecified atom stereocenters. The molecule has 21 heavy (non-hydrogen) atoms. The van der Waals surface area contributed by atoms with Crippen molar-refractivity contribution in [2.75, 3.05) is 30.6 Å². The normalized spacial score (nSPS) is 15.9. The van der Waals surface area contributed by atoms with E-state index in [0.717, 1.165) is 26.1 Å². The molecular formula is C12H18N8O. The molecule has 0 aromatic carbocycles. The van der Waals surface area contributed by atoms with Gasteiger partial charge in [-0.25, -0.2) is 10.8 Å². The molecule has 0 bridgehead atoms. The Hall–Kier alpha value is -2.26. The number of aromatic nitrogens is 5. The predicted molar refractivity (Wildman–Crippen MR) is 77.0 cm³/mol. The Bertz CT molecular complexity index is 581. The van der Waals surface area contributed by atoms with Crippen LogP contribution in [-0.2, 0) is 4.74 Å². The summed E-state index contributed by atoms with van der Waals surface area (Å²) >= 11 is 0. The molecule has 9 nitrogen and oxygen atoms in total. The summed E-state index contributed by atoms with van der Waals surface area (Å²) in [5, 5.41) is 0. The van der Waals surface area contributed by atoms with Crippen LogP contribution in [0, 0.1) is 0 Å². The number of nitrogens with two attached hydrogens (primary N) is 1. The van der Waals surface area contributed by atoms with E-state index in [-0.39, 0.29) is 0 Å². The molecule has 2 aromatic heterocycles. The molecular weight excluding hydrogens is 272 g/mol. The number of rotatable bonds is 4. The van der Waals surface area contributed by atoms with Gasteiger partial charge in [-0.15, -0.1) is 0 Å². The Morgan fingerprint density at radius 1 is 1.33 bits per heavy atom. The van der Waals surface area contributed by atoms with Crippen LogP contribution in [0.25, 0.3) is 5.95 Å². The van der Waals surface area contributed by atoms with Gasteiger partial charge in [0, 0.05) is 38.7 Å². The number of hydrogen-bond donors (Lipinski definition) is 2. The van der Waals surface area contributed by atoms with E-state index in [1.807, 2.05) is 11.9 Å². The molecule has 1 aliphatic heterocycles. The van der Waals surface area contributed by atoms with Crippen LogP contribution in [0.1, 0.15) is 12.8 Å². The number of anilines is 2. The van der Waals surface area contributed by atoms with E-state index < -0.39 is 0 Å². The number of nitrogen functional groups attached to an aromatic ring is 1. The Morgan fingerprint density at radius 3 is 2.81 bits per heavy atom. The van der Waals surface area contributed by atoms with Crippen molar-refractivity contribution in [3.63, 3.8) is 0 Å². The summed E-state index contributed by atoms with van der Waals surface area (Å²) in [7, 11) is 1.98. The highest BCUT2D eigenvalue weighted by Crippen LogP contribution is 2.19. The van der Waals surface area contributed by atoms with Crippen LogP contribution in [0.15, 0.2) is 18.7 Å².